The van der Waals surface area contributed by atoms with Crippen LogP contribution >= 0.6 is 15.9 Å². The molecule has 102 valence electrons. The van der Waals surface area contributed by atoms with E-state index in [4.69, 9.17) is 0 Å². The monoisotopic (exact) mass is 324 g/mol. The van der Waals surface area contributed by atoms with E-state index in [-0.39, 0.29) is 11.4 Å². The molecule has 0 aliphatic carbocycles. The number of hydrogen-bond donors (Lipinski definition) is 0. The van der Waals surface area contributed by atoms with Gasteiger partial charge in [-0.25, -0.2) is 0 Å². The Morgan fingerprint density at radius 2 is 1.94 bits per heavy atom. The van der Waals surface area contributed by atoms with Crippen LogP contribution in [0.5, 0.6) is 0 Å². The van der Waals surface area contributed by atoms with E-state index in [1.54, 1.807) is 0 Å². The molecule has 0 N–H and O–H groups in total. The van der Waals surface area contributed by atoms with E-state index < -0.39 is 12.8 Å². The lowest BCUT2D eigenvalue weighted by atomic mass is 10.0. The van der Waals surface area contributed by atoms with Crippen molar-refractivity contribution in [2.24, 2.45) is 0 Å². The highest BCUT2D eigenvalue weighted by Gasteiger charge is 2.27. The number of alkyl halides is 4. The van der Waals surface area contributed by atoms with Crippen molar-refractivity contribution in [1.29, 1.82) is 0 Å². The minimum Gasteiger partial charge on any atom is -0.372 e. The van der Waals surface area contributed by atoms with E-state index in [2.05, 4.69) is 20.7 Å². The van der Waals surface area contributed by atoms with Gasteiger partial charge >= 0.3 is 6.18 Å². The summed E-state index contributed by atoms with van der Waals surface area (Å²) in [5.41, 5.74) is 3.36. The third-order valence-electron chi connectivity index (χ3n) is 2.55. The largest absolute Gasteiger partial charge is 0.411 e. The normalized spacial score (nSPS) is 13.7. The van der Waals surface area contributed by atoms with Gasteiger partial charge in [-0.15, -0.1) is 0 Å². The second kappa shape index (κ2) is 6.57. The lowest BCUT2D eigenvalue weighted by molar-refractivity contribution is -0.174. The molecule has 1 nitrogen and oxygen atoms in total. The lowest BCUT2D eigenvalue weighted by Gasteiger charge is -2.14. The summed E-state index contributed by atoms with van der Waals surface area (Å²) in [6.07, 6.45) is -3.73. The number of ether oxygens (including phenoxy) is 1. The van der Waals surface area contributed by atoms with Crippen molar-refractivity contribution >= 4 is 15.9 Å². The Hall–Kier alpha value is -0.550. The number of halogens is 4. The van der Waals surface area contributed by atoms with Crippen LogP contribution in [0.1, 0.15) is 27.9 Å². The fraction of sp³-hybridized carbons (Fsp3) is 0.538. The van der Waals surface area contributed by atoms with Crippen molar-refractivity contribution in [3.8, 4) is 0 Å². The number of rotatable bonds is 5. The molecule has 0 radical (unpaired) electrons. The van der Waals surface area contributed by atoms with Gasteiger partial charge in [-0.2, -0.15) is 13.2 Å². The van der Waals surface area contributed by atoms with E-state index in [1.807, 2.05) is 32.0 Å². The van der Waals surface area contributed by atoms with Crippen LogP contribution in [0.4, 0.5) is 13.2 Å². The zero-order chi connectivity index (χ0) is 13.8. The molecule has 1 rings (SSSR count). The predicted molar refractivity (Wildman–Crippen MR) is 69.1 cm³/mol. The molecule has 0 spiro atoms. The molecular formula is C13H16BrF3O. The molecule has 18 heavy (non-hydrogen) atoms. The van der Waals surface area contributed by atoms with Crippen LogP contribution in [-0.2, 0) is 4.74 Å². The summed E-state index contributed by atoms with van der Waals surface area (Å²) in [5, 5.41) is 0. The molecule has 0 saturated carbocycles. The number of hydrogen-bond acceptors (Lipinski definition) is 1. The maximum atomic E-state index is 11.9. The van der Waals surface area contributed by atoms with E-state index in [9.17, 15) is 13.2 Å². The van der Waals surface area contributed by atoms with Gasteiger partial charge in [-0.3, -0.25) is 0 Å². The van der Waals surface area contributed by atoms with E-state index >= 15 is 0 Å². The fourth-order valence-electron chi connectivity index (χ4n) is 1.63. The van der Waals surface area contributed by atoms with Gasteiger partial charge < -0.3 is 4.74 Å². The van der Waals surface area contributed by atoms with E-state index in [0.29, 0.717) is 6.42 Å². The molecule has 0 aliphatic heterocycles. The maximum absolute atomic E-state index is 11.9. The molecule has 1 aromatic carbocycles. The summed E-state index contributed by atoms with van der Waals surface area (Å²) in [7, 11) is 0. The van der Waals surface area contributed by atoms with Crippen molar-refractivity contribution in [1.82, 2.24) is 0 Å². The van der Waals surface area contributed by atoms with Crippen LogP contribution in [0.15, 0.2) is 18.2 Å². The highest BCUT2D eigenvalue weighted by molar-refractivity contribution is 9.09. The molecule has 0 heterocycles. The first kappa shape index (κ1) is 15.5. The molecule has 0 aromatic heterocycles. The van der Waals surface area contributed by atoms with Crippen LogP contribution < -0.4 is 0 Å². The van der Waals surface area contributed by atoms with Gasteiger partial charge in [0.25, 0.3) is 0 Å². The molecule has 1 aromatic rings. The first-order valence-corrected chi connectivity index (χ1v) is 6.57. The molecule has 5 heteroatoms. The third-order valence-corrected chi connectivity index (χ3v) is 3.50. The Labute approximate surface area is 113 Å². The standard InChI is InChI=1S/C13H16BrF3O/c1-9-3-4-10(2)11(7-9)12(14)5-6-18-8-13(15,16)17/h3-4,7,12H,5-6,8H2,1-2H3. The minimum absolute atomic E-state index is 0.0191. The first-order valence-electron chi connectivity index (χ1n) is 5.65. The Balaban J connectivity index is 2.45. The van der Waals surface area contributed by atoms with Crippen molar-refractivity contribution in [2.45, 2.75) is 31.3 Å². The van der Waals surface area contributed by atoms with Gasteiger partial charge in [0.1, 0.15) is 6.61 Å². The topological polar surface area (TPSA) is 9.23 Å². The summed E-state index contributed by atoms with van der Waals surface area (Å²) in [5.74, 6) is 0. The van der Waals surface area contributed by atoms with Crippen LogP contribution in [0, 0.1) is 13.8 Å². The summed E-state index contributed by atoms with van der Waals surface area (Å²) >= 11 is 3.49. The van der Waals surface area contributed by atoms with Gasteiger partial charge in [-0.05, 0) is 31.4 Å². The second-order valence-electron chi connectivity index (χ2n) is 4.28. The number of aryl methyl sites for hydroxylation is 2. The van der Waals surface area contributed by atoms with Crippen LogP contribution in [-0.4, -0.2) is 19.4 Å². The fourth-order valence-corrected chi connectivity index (χ4v) is 2.31. The maximum Gasteiger partial charge on any atom is 0.411 e. The minimum atomic E-state index is -4.25. The van der Waals surface area contributed by atoms with E-state index in [1.165, 1.54) is 0 Å². The molecule has 1 atom stereocenters. The highest BCUT2D eigenvalue weighted by Crippen LogP contribution is 2.30. The summed E-state index contributed by atoms with van der Waals surface area (Å²) in [6.45, 7) is 2.88. The van der Waals surface area contributed by atoms with Crippen molar-refractivity contribution in [2.75, 3.05) is 13.2 Å². The van der Waals surface area contributed by atoms with E-state index in [0.717, 1.165) is 16.7 Å². The molecule has 0 saturated heterocycles. The molecule has 0 aliphatic rings. The average Bonchev–Trinajstić information content (AvgIpc) is 2.26. The molecule has 0 amide bonds. The van der Waals surface area contributed by atoms with Gasteiger partial charge in [0.15, 0.2) is 0 Å². The molecule has 1 unspecified atom stereocenters. The quantitative estimate of drug-likeness (QED) is 0.563. The van der Waals surface area contributed by atoms with Gasteiger partial charge in [0, 0.05) is 11.4 Å². The third kappa shape index (κ3) is 5.40. The highest BCUT2D eigenvalue weighted by atomic mass is 79.9. The van der Waals surface area contributed by atoms with Gasteiger partial charge in [0.05, 0.1) is 0 Å². The first-order chi connectivity index (χ1) is 8.29. The second-order valence-corrected chi connectivity index (χ2v) is 5.39. The van der Waals surface area contributed by atoms with Crippen molar-refractivity contribution in [3.63, 3.8) is 0 Å². The molecule has 0 bridgehead atoms. The summed E-state index contributed by atoms with van der Waals surface area (Å²) in [4.78, 5) is 0.0191. The van der Waals surface area contributed by atoms with Crippen LogP contribution in [0.25, 0.3) is 0 Å². The van der Waals surface area contributed by atoms with Crippen molar-refractivity contribution < 1.29 is 17.9 Å². The zero-order valence-corrected chi connectivity index (χ0v) is 11.9. The Kier molecular flexibility index (Phi) is 5.66. The van der Waals surface area contributed by atoms with Gasteiger partial charge in [-0.1, -0.05) is 39.7 Å². The number of benzene rings is 1. The smallest absolute Gasteiger partial charge is 0.372 e. The lowest BCUT2D eigenvalue weighted by Crippen LogP contribution is -2.17. The van der Waals surface area contributed by atoms with Crippen LogP contribution in [0.2, 0.25) is 0 Å². The SMILES string of the molecule is Cc1ccc(C)c(C(Br)CCOCC(F)(F)F)c1. The zero-order valence-electron chi connectivity index (χ0n) is 10.4. The Bertz CT molecular complexity index is 390. The van der Waals surface area contributed by atoms with Crippen LogP contribution in [0.3, 0.4) is 0 Å². The Morgan fingerprint density at radius 1 is 1.28 bits per heavy atom. The predicted octanol–water partition coefficient (Wildman–Crippen LogP) is 4.71. The average molecular weight is 325 g/mol. The van der Waals surface area contributed by atoms with Crippen molar-refractivity contribution in [3.05, 3.63) is 34.9 Å². The van der Waals surface area contributed by atoms with Gasteiger partial charge in [0.2, 0.25) is 0 Å². The summed E-state index contributed by atoms with van der Waals surface area (Å²) < 4.78 is 40.3. The Morgan fingerprint density at radius 3 is 2.56 bits per heavy atom. The molecule has 0 fully saturated rings. The summed E-state index contributed by atoms with van der Waals surface area (Å²) in [6, 6.07) is 6.06. The molecular weight excluding hydrogens is 309 g/mol.